The lowest BCUT2D eigenvalue weighted by molar-refractivity contribution is 0.306. The average molecular weight is 367 g/mol. The van der Waals surface area contributed by atoms with Crippen LogP contribution in [0, 0.1) is 5.92 Å². The fourth-order valence-corrected chi connectivity index (χ4v) is 4.43. The Hall–Kier alpha value is -2.17. The molecule has 2 aliphatic heterocycles. The van der Waals surface area contributed by atoms with E-state index in [9.17, 15) is 0 Å². The Morgan fingerprint density at radius 1 is 0.923 bits per heavy atom. The van der Waals surface area contributed by atoms with Gasteiger partial charge in [-0.25, -0.2) is 4.68 Å². The first-order valence-corrected chi connectivity index (χ1v) is 9.14. The van der Waals surface area contributed by atoms with Crippen molar-refractivity contribution >= 4 is 12.4 Å². The van der Waals surface area contributed by atoms with E-state index in [1.807, 2.05) is 6.07 Å². The molecule has 0 radical (unpaired) electrons. The van der Waals surface area contributed by atoms with Crippen LogP contribution in [0.2, 0.25) is 0 Å². The maximum Gasteiger partial charge on any atom is 0.116 e. The van der Waals surface area contributed by atoms with Gasteiger partial charge in [0.1, 0.15) is 5.69 Å². The Morgan fingerprint density at radius 3 is 2.42 bits per heavy atom. The normalized spacial score (nSPS) is 21.7. The van der Waals surface area contributed by atoms with Crippen molar-refractivity contribution in [2.24, 2.45) is 5.92 Å². The van der Waals surface area contributed by atoms with E-state index in [-0.39, 0.29) is 12.4 Å². The zero-order valence-electron chi connectivity index (χ0n) is 14.7. The van der Waals surface area contributed by atoms with E-state index in [0.717, 1.165) is 25.2 Å². The van der Waals surface area contributed by atoms with E-state index in [2.05, 4.69) is 74.5 Å². The van der Waals surface area contributed by atoms with E-state index >= 15 is 0 Å². The Bertz CT molecular complexity index is 862. The third kappa shape index (κ3) is 3.04. The number of rotatable bonds is 3. The van der Waals surface area contributed by atoms with Gasteiger partial charge in [0.25, 0.3) is 0 Å². The third-order valence-electron chi connectivity index (χ3n) is 5.64. The van der Waals surface area contributed by atoms with Gasteiger partial charge in [0, 0.05) is 25.2 Å². The first kappa shape index (κ1) is 17.3. The van der Waals surface area contributed by atoms with Gasteiger partial charge in [0.15, 0.2) is 0 Å². The van der Waals surface area contributed by atoms with Crippen LogP contribution < -0.4 is 0 Å². The van der Waals surface area contributed by atoms with Crippen LogP contribution >= 0.6 is 12.4 Å². The fraction of sp³-hybridized carbons (Fsp3) is 0.333. The molecule has 0 N–H and O–H groups in total. The third-order valence-corrected chi connectivity index (χ3v) is 5.64. The second kappa shape index (κ2) is 7.22. The van der Waals surface area contributed by atoms with Crippen LogP contribution in [0.1, 0.15) is 23.7 Å². The predicted molar refractivity (Wildman–Crippen MR) is 105 cm³/mol. The highest BCUT2D eigenvalue weighted by atomic mass is 35.5. The van der Waals surface area contributed by atoms with Crippen molar-refractivity contribution in [1.82, 2.24) is 19.9 Å². The molecular formula is C21H23ClN4. The molecular weight excluding hydrogens is 344 g/mol. The second-order valence-corrected chi connectivity index (χ2v) is 7.24. The number of aromatic nitrogens is 3. The fourth-order valence-electron chi connectivity index (χ4n) is 4.43. The quantitative estimate of drug-likeness (QED) is 0.703. The Morgan fingerprint density at radius 2 is 1.65 bits per heavy atom. The number of halogens is 1. The van der Waals surface area contributed by atoms with Crippen LogP contribution in [0.5, 0.6) is 0 Å². The molecule has 1 saturated heterocycles. The number of hydrogen-bond donors (Lipinski definition) is 0. The minimum absolute atomic E-state index is 0. The van der Waals surface area contributed by atoms with Crippen molar-refractivity contribution in [1.29, 1.82) is 0 Å². The van der Waals surface area contributed by atoms with Gasteiger partial charge in [0.05, 0.1) is 11.7 Å². The smallest absolute Gasteiger partial charge is 0.116 e. The number of fused-ring (bicyclic) bond motifs is 3. The van der Waals surface area contributed by atoms with E-state index in [1.54, 1.807) is 0 Å². The molecule has 0 aliphatic carbocycles. The topological polar surface area (TPSA) is 34.0 Å². The Labute approximate surface area is 160 Å². The lowest BCUT2D eigenvalue weighted by Gasteiger charge is -2.25. The summed E-state index contributed by atoms with van der Waals surface area (Å²) in [5.74, 6) is 0.696. The summed E-state index contributed by atoms with van der Waals surface area (Å²) in [6.45, 7) is 3.27. The van der Waals surface area contributed by atoms with Gasteiger partial charge < -0.3 is 0 Å². The van der Waals surface area contributed by atoms with Crippen LogP contribution in [0.3, 0.4) is 0 Å². The summed E-state index contributed by atoms with van der Waals surface area (Å²) in [4.78, 5) is 2.57. The molecule has 0 spiro atoms. The summed E-state index contributed by atoms with van der Waals surface area (Å²) < 4.78 is 2.22. The van der Waals surface area contributed by atoms with E-state index in [0.29, 0.717) is 12.0 Å². The summed E-state index contributed by atoms with van der Waals surface area (Å²) in [7, 11) is 0. The molecule has 134 valence electrons. The molecule has 26 heavy (non-hydrogen) atoms. The number of nitrogens with zero attached hydrogens (tertiary/aromatic N) is 4. The molecule has 0 saturated carbocycles. The summed E-state index contributed by atoms with van der Waals surface area (Å²) >= 11 is 0. The summed E-state index contributed by atoms with van der Waals surface area (Å²) in [5, 5.41) is 9.09. The number of benzene rings is 2. The van der Waals surface area contributed by atoms with Gasteiger partial charge in [0.2, 0.25) is 0 Å². The van der Waals surface area contributed by atoms with Crippen LogP contribution in [-0.4, -0.2) is 33.0 Å². The molecule has 3 aromatic rings. The molecule has 0 unspecified atom stereocenters. The zero-order valence-corrected chi connectivity index (χ0v) is 15.5. The molecule has 2 aromatic carbocycles. The molecule has 1 fully saturated rings. The maximum absolute atomic E-state index is 4.56. The van der Waals surface area contributed by atoms with Crippen molar-refractivity contribution in [3.63, 3.8) is 0 Å². The standard InChI is InChI=1S/C21H22N4.ClH/c1-3-7-16(8-4-1)13-24-14-18-11-12-19-21(17-9-5-2-6-10-17)22-23-25(19)20(18)15-24;/h1-10,18,20H,11-15H2;1H/t18-,20-;/m0./s1. The molecule has 3 heterocycles. The Kier molecular flexibility index (Phi) is 4.79. The molecule has 5 heteroatoms. The van der Waals surface area contributed by atoms with Crippen LogP contribution in [0.4, 0.5) is 0 Å². The summed E-state index contributed by atoms with van der Waals surface area (Å²) in [5.41, 5.74) is 4.96. The van der Waals surface area contributed by atoms with E-state index in [1.165, 1.54) is 29.8 Å². The molecule has 2 atom stereocenters. The summed E-state index contributed by atoms with van der Waals surface area (Å²) in [6, 6.07) is 21.7. The molecule has 0 bridgehead atoms. The van der Waals surface area contributed by atoms with Crippen molar-refractivity contribution < 1.29 is 0 Å². The predicted octanol–water partition coefficient (Wildman–Crippen LogP) is 3.99. The first-order chi connectivity index (χ1) is 12.4. The largest absolute Gasteiger partial charge is 0.297 e. The molecule has 2 aliphatic rings. The Balaban J connectivity index is 0.00000168. The minimum Gasteiger partial charge on any atom is -0.297 e. The van der Waals surface area contributed by atoms with E-state index < -0.39 is 0 Å². The molecule has 5 rings (SSSR count). The van der Waals surface area contributed by atoms with Crippen molar-refractivity contribution in [3.05, 3.63) is 71.9 Å². The average Bonchev–Trinajstić information content (AvgIpc) is 3.26. The van der Waals surface area contributed by atoms with Gasteiger partial charge in [-0.05, 0) is 24.3 Å². The molecule has 1 aromatic heterocycles. The zero-order chi connectivity index (χ0) is 16.6. The SMILES string of the molecule is Cl.c1ccc(CN2C[C@@H]3CCc4c(-c5ccccc5)nnn4[C@H]3C2)cc1. The number of hydrogen-bond acceptors (Lipinski definition) is 3. The summed E-state index contributed by atoms with van der Waals surface area (Å²) in [6.07, 6.45) is 2.32. The van der Waals surface area contributed by atoms with Crippen LogP contribution in [-0.2, 0) is 13.0 Å². The highest BCUT2D eigenvalue weighted by Gasteiger charge is 2.39. The second-order valence-electron chi connectivity index (χ2n) is 7.24. The van der Waals surface area contributed by atoms with Crippen molar-refractivity contribution in [2.45, 2.75) is 25.4 Å². The highest BCUT2D eigenvalue weighted by molar-refractivity contribution is 5.85. The highest BCUT2D eigenvalue weighted by Crippen LogP contribution is 2.38. The monoisotopic (exact) mass is 366 g/mol. The lowest BCUT2D eigenvalue weighted by atomic mass is 9.91. The van der Waals surface area contributed by atoms with Gasteiger partial charge >= 0.3 is 0 Å². The molecule has 4 nitrogen and oxygen atoms in total. The maximum atomic E-state index is 4.56. The molecule has 0 amide bonds. The van der Waals surface area contributed by atoms with E-state index in [4.69, 9.17) is 0 Å². The lowest BCUT2D eigenvalue weighted by Crippen LogP contribution is -2.26. The van der Waals surface area contributed by atoms with Gasteiger partial charge in [-0.2, -0.15) is 0 Å². The first-order valence-electron chi connectivity index (χ1n) is 9.14. The van der Waals surface area contributed by atoms with Crippen molar-refractivity contribution in [3.8, 4) is 11.3 Å². The van der Waals surface area contributed by atoms with Gasteiger partial charge in [-0.3, -0.25) is 4.90 Å². The van der Waals surface area contributed by atoms with Crippen molar-refractivity contribution in [2.75, 3.05) is 13.1 Å². The van der Waals surface area contributed by atoms with Crippen LogP contribution in [0.25, 0.3) is 11.3 Å². The number of likely N-dealkylation sites (tertiary alicyclic amines) is 1. The van der Waals surface area contributed by atoms with Gasteiger partial charge in [-0.1, -0.05) is 65.9 Å². The minimum atomic E-state index is 0. The van der Waals surface area contributed by atoms with Crippen LogP contribution in [0.15, 0.2) is 60.7 Å². The van der Waals surface area contributed by atoms with Gasteiger partial charge in [-0.15, -0.1) is 17.5 Å².